The number of hydrogen-bond acceptors (Lipinski definition) is 1. The first-order chi connectivity index (χ1) is 9.68. The van der Waals surface area contributed by atoms with Crippen molar-refractivity contribution in [1.29, 1.82) is 0 Å². The molecule has 0 saturated heterocycles. The van der Waals surface area contributed by atoms with E-state index in [2.05, 4.69) is 21.2 Å². The van der Waals surface area contributed by atoms with Crippen molar-refractivity contribution in [3.63, 3.8) is 0 Å². The highest BCUT2D eigenvalue weighted by atomic mass is 79.9. The van der Waals surface area contributed by atoms with Crippen LogP contribution in [0, 0.1) is 5.82 Å². The maximum absolute atomic E-state index is 13.5. The van der Waals surface area contributed by atoms with Crippen LogP contribution in [0.3, 0.4) is 0 Å². The summed E-state index contributed by atoms with van der Waals surface area (Å²) >= 11 is 3.17. The molecule has 2 aromatic rings. The van der Waals surface area contributed by atoms with Gasteiger partial charge in [0.1, 0.15) is 11.5 Å². The van der Waals surface area contributed by atoms with E-state index in [1.165, 1.54) is 10.6 Å². The van der Waals surface area contributed by atoms with Crippen molar-refractivity contribution in [2.45, 2.75) is 6.18 Å². The summed E-state index contributed by atoms with van der Waals surface area (Å²) in [7, 11) is 1.59. The fourth-order valence-corrected chi connectivity index (χ4v) is 2.26. The van der Waals surface area contributed by atoms with Gasteiger partial charge in [0, 0.05) is 17.7 Å². The molecule has 0 radical (unpaired) electrons. The average Bonchev–Trinajstić information content (AvgIpc) is 2.70. The summed E-state index contributed by atoms with van der Waals surface area (Å²) in [5.74, 6) is -1.65. The van der Waals surface area contributed by atoms with Gasteiger partial charge in [-0.2, -0.15) is 13.2 Å². The molecule has 1 aromatic carbocycles. The molecule has 1 amide bonds. The van der Waals surface area contributed by atoms with E-state index in [1.807, 2.05) is 0 Å². The number of aromatic nitrogens is 1. The second kappa shape index (κ2) is 5.51. The number of hydrogen-bond donors (Lipinski definition) is 1. The predicted molar refractivity (Wildman–Crippen MR) is 72.5 cm³/mol. The van der Waals surface area contributed by atoms with E-state index in [-0.39, 0.29) is 5.69 Å². The molecule has 0 bridgehead atoms. The number of nitrogens with zero attached hydrogens (tertiary/aromatic N) is 1. The third-order valence-electron chi connectivity index (χ3n) is 2.75. The van der Waals surface area contributed by atoms with E-state index >= 15 is 0 Å². The summed E-state index contributed by atoms with van der Waals surface area (Å²) in [4.78, 5) is 12.0. The first kappa shape index (κ1) is 15.6. The van der Waals surface area contributed by atoms with Gasteiger partial charge in [-0.15, -0.1) is 0 Å². The molecule has 0 aliphatic carbocycles. The highest BCUT2D eigenvalue weighted by Crippen LogP contribution is 2.32. The molecule has 1 heterocycles. The van der Waals surface area contributed by atoms with E-state index in [0.29, 0.717) is 22.7 Å². The van der Waals surface area contributed by atoms with E-state index in [4.69, 9.17) is 0 Å². The molecule has 8 heteroatoms. The zero-order valence-corrected chi connectivity index (χ0v) is 12.2. The summed E-state index contributed by atoms with van der Waals surface area (Å²) in [5, 5.41) is 2.14. The third-order valence-corrected chi connectivity index (χ3v) is 3.18. The van der Waals surface area contributed by atoms with Crippen molar-refractivity contribution in [3.8, 4) is 0 Å². The Hall–Kier alpha value is -1.83. The van der Waals surface area contributed by atoms with Gasteiger partial charge in [-0.1, -0.05) is 0 Å². The molecular weight excluding hydrogens is 356 g/mol. The van der Waals surface area contributed by atoms with E-state index in [9.17, 15) is 22.4 Å². The van der Waals surface area contributed by atoms with Crippen LogP contribution in [0.4, 0.5) is 23.2 Å². The summed E-state index contributed by atoms with van der Waals surface area (Å²) < 4.78 is 53.4. The predicted octanol–water partition coefficient (Wildman–Crippen LogP) is 4.20. The number of carbonyl (C=O) groups is 1. The van der Waals surface area contributed by atoms with Crippen LogP contribution in [0.2, 0.25) is 0 Å². The molecule has 1 aromatic heterocycles. The van der Waals surface area contributed by atoms with Crippen LogP contribution >= 0.6 is 15.9 Å². The van der Waals surface area contributed by atoms with Crippen LogP contribution < -0.4 is 5.32 Å². The van der Waals surface area contributed by atoms with Crippen molar-refractivity contribution >= 4 is 27.5 Å². The zero-order chi connectivity index (χ0) is 15.8. The number of alkyl halides is 3. The van der Waals surface area contributed by atoms with Crippen LogP contribution in [0.1, 0.15) is 16.1 Å². The second-order valence-corrected chi connectivity index (χ2v) is 5.22. The molecule has 112 valence electrons. The topological polar surface area (TPSA) is 34.0 Å². The van der Waals surface area contributed by atoms with Crippen molar-refractivity contribution in [2.24, 2.45) is 7.05 Å². The van der Waals surface area contributed by atoms with E-state index in [1.54, 1.807) is 13.2 Å². The van der Waals surface area contributed by atoms with Crippen LogP contribution in [0.25, 0.3) is 0 Å². The van der Waals surface area contributed by atoms with E-state index < -0.39 is 29.2 Å². The molecule has 0 atom stereocenters. The average molecular weight is 365 g/mol. The SMILES string of the molecule is Cn1cc(Br)cc1C(=O)Nc1cc(C(F)(F)F)ccc1F. The van der Waals surface area contributed by atoms with Crippen molar-refractivity contribution in [2.75, 3.05) is 5.32 Å². The minimum atomic E-state index is -4.61. The van der Waals surface area contributed by atoms with Crippen LogP contribution in [-0.2, 0) is 13.2 Å². The lowest BCUT2D eigenvalue weighted by atomic mass is 10.2. The van der Waals surface area contributed by atoms with Gasteiger partial charge in [-0.25, -0.2) is 4.39 Å². The lowest BCUT2D eigenvalue weighted by molar-refractivity contribution is -0.137. The first-order valence-corrected chi connectivity index (χ1v) is 6.48. The Bertz CT molecular complexity index is 694. The lowest BCUT2D eigenvalue weighted by Crippen LogP contribution is -2.17. The Labute approximate surface area is 125 Å². The van der Waals surface area contributed by atoms with E-state index in [0.717, 1.165) is 0 Å². The Kier molecular flexibility index (Phi) is 4.08. The molecule has 0 saturated carbocycles. The molecule has 0 unspecified atom stereocenters. The minimum absolute atomic E-state index is 0.179. The standard InChI is InChI=1S/C13H9BrF4N2O/c1-20-6-8(14)5-11(20)12(21)19-10-4-7(13(16,17)18)2-3-9(10)15/h2-6H,1H3,(H,19,21). The van der Waals surface area contributed by atoms with Crippen molar-refractivity contribution in [3.05, 3.63) is 52.0 Å². The number of benzene rings is 1. The van der Waals surface area contributed by atoms with Gasteiger partial charge in [0.15, 0.2) is 0 Å². The Morgan fingerprint density at radius 3 is 2.48 bits per heavy atom. The quantitative estimate of drug-likeness (QED) is 0.796. The fourth-order valence-electron chi connectivity index (χ4n) is 1.73. The second-order valence-electron chi connectivity index (χ2n) is 4.30. The summed E-state index contributed by atoms with van der Waals surface area (Å²) in [6.45, 7) is 0. The maximum Gasteiger partial charge on any atom is 0.416 e. The largest absolute Gasteiger partial charge is 0.416 e. The third kappa shape index (κ3) is 3.44. The van der Waals surface area contributed by atoms with Crippen LogP contribution in [0.5, 0.6) is 0 Å². The van der Waals surface area contributed by atoms with Gasteiger partial charge in [0.25, 0.3) is 5.91 Å². The number of nitrogens with one attached hydrogen (secondary N) is 1. The van der Waals surface area contributed by atoms with Gasteiger partial charge >= 0.3 is 6.18 Å². The molecular formula is C13H9BrF4N2O. The zero-order valence-electron chi connectivity index (χ0n) is 10.6. The molecule has 0 fully saturated rings. The lowest BCUT2D eigenvalue weighted by Gasteiger charge is -2.11. The maximum atomic E-state index is 13.5. The van der Waals surface area contributed by atoms with Gasteiger partial charge in [0.05, 0.1) is 11.3 Å². The van der Waals surface area contributed by atoms with Gasteiger partial charge in [0.2, 0.25) is 0 Å². The number of anilines is 1. The number of aryl methyl sites for hydroxylation is 1. The molecule has 0 aliphatic rings. The number of amides is 1. The Morgan fingerprint density at radius 1 is 1.29 bits per heavy atom. The summed E-state index contributed by atoms with van der Waals surface area (Å²) in [5.41, 5.74) is -1.38. The minimum Gasteiger partial charge on any atom is -0.345 e. The Morgan fingerprint density at radius 2 is 1.95 bits per heavy atom. The summed E-state index contributed by atoms with van der Waals surface area (Å²) in [6.07, 6.45) is -3.02. The number of halogens is 5. The smallest absolute Gasteiger partial charge is 0.345 e. The van der Waals surface area contributed by atoms with Crippen LogP contribution in [0.15, 0.2) is 34.9 Å². The molecule has 0 aliphatic heterocycles. The monoisotopic (exact) mass is 364 g/mol. The Balaban J connectivity index is 2.31. The van der Waals surface area contributed by atoms with Crippen molar-refractivity contribution in [1.82, 2.24) is 4.57 Å². The number of carbonyl (C=O) groups excluding carboxylic acids is 1. The molecule has 0 spiro atoms. The highest BCUT2D eigenvalue weighted by molar-refractivity contribution is 9.10. The van der Waals surface area contributed by atoms with Gasteiger partial charge < -0.3 is 9.88 Å². The molecule has 2 rings (SSSR count). The van der Waals surface area contributed by atoms with Crippen molar-refractivity contribution < 1.29 is 22.4 Å². The van der Waals surface area contributed by atoms with Crippen LogP contribution in [-0.4, -0.2) is 10.5 Å². The van der Waals surface area contributed by atoms with Gasteiger partial charge in [-0.3, -0.25) is 4.79 Å². The summed E-state index contributed by atoms with van der Waals surface area (Å²) in [6, 6.07) is 3.31. The molecule has 21 heavy (non-hydrogen) atoms. The van der Waals surface area contributed by atoms with Gasteiger partial charge in [-0.05, 0) is 40.2 Å². The normalized spacial score (nSPS) is 11.5. The first-order valence-electron chi connectivity index (χ1n) is 5.68. The molecule has 3 nitrogen and oxygen atoms in total. The fraction of sp³-hybridized carbons (Fsp3) is 0.154. The molecule has 1 N–H and O–H groups in total. The highest BCUT2D eigenvalue weighted by Gasteiger charge is 2.31. The number of rotatable bonds is 2.